The molecule has 2 aromatic rings. The fourth-order valence-corrected chi connectivity index (χ4v) is 2.92. The molecule has 1 aromatic heterocycles. The van der Waals surface area contributed by atoms with Crippen LogP contribution in [0.3, 0.4) is 0 Å². The van der Waals surface area contributed by atoms with Gasteiger partial charge in [0, 0.05) is 24.6 Å². The van der Waals surface area contributed by atoms with Gasteiger partial charge in [0.2, 0.25) is 5.88 Å². The van der Waals surface area contributed by atoms with Crippen molar-refractivity contribution in [2.45, 2.75) is 45.6 Å². The van der Waals surface area contributed by atoms with E-state index in [4.69, 9.17) is 4.74 Å². The second-order valence-electron chi connectivity index (χ2n) is 7.62. The lowest BCUT2D eigenvalue weighted by molar-refractivity contribution is 0.0771. The summed E-state index contributed by atoms with van der Waals surface area (Å²) in [6.07, 6.45) is 0.774. The number of aryl methyl sites for hydroxylation is 1. The molecule has 0 aliphatic carbocycles. The second-order valence-corrected chi connectivity index (χ2v) is 7.62. The van der Waals surface area contributed by atoms with E-state index in [1.165, 1.54) is 5.56 Å². The topological polar surface area (TPSA) is 55.3 Å². The molecule has 1 aliphatic heterocycles. The van der Waals surface area contributed by atoms with Gasteiger partial charge in [-0.3, -0.25) is 4.79 Å². The SMILES string of the molecule is Cc1ccc(OC2CCN(C(=O)c3ccc(C(C)(C)C)cc3)C2)nn1. The summed E-state index contributed by atoms with van der Waals surface area (Å²) in [5, 5.41) is 8.02. The van der Waals surface area contributed by atoms with Crippen LogP contribution in [-0.4, -0.2) is 40.2 Å². The number of hydrogen-bond acceptors (Lipinski definition) is 4. The van der Waals surface area contributed by atoms with Crippen molar-refractivity contribution in [3.8, 4) is 5.88 Å². The molecular weight excluding hydrogens is 314 g/mol. The highest BCUT2D eigenvalue weighted by molar-refractivity contribution is 5.94. The quantitative estimate of drug-likeness (QED) is 0.860. The van der Waals surface area contributed by atoms with E-state index in [9.17, 15) is 4.79 Å². The molecule has 5 nitrogen and oxygen atoms in total. The van der Waals surface area contributed by atoms with Gasteiger partial charge in [-0.2, -0.15) is 5.10 Å². The van der Waals surface area contributed by atoms with Crippen molar-refractivity contribution in [3.05, 3.63) is 53.2 Å². The Kier molecular flexibility index (Phi) is 4.75. The van der Waals surface area contributed by atoms with Gasteiger partial charge in [-0.25, -0.2) is 0 Å². The number of aromatic nitrogens is 2. The van der Waals surface area contributed by atoms with Gasteiger partial charge in [-0.05, 0) is 36.1 Å². The molecule has 0 spiro atoms. The number of rotatable bonds is 3. The number of likely N-dealkylation sites (tertiary alicyclic amines) is 1. The molecule has 132 valence electrons. The highest BCUT2D eigenvalue weighted by Crippen LogP contribution is 2.23. The normalized spacial score (nSPS) is 17.6. The number of benzene rings is 1. The van der Waals surface area contributed by atoms with Crippen molar-refractivity contribution in [1.82, 2.24) is 15.1 Å². The summed E-state index contributed by atoms with van der Waals surface area (Å²) in [5.41, 5.74) is 2.89. The van der Waals surface area contributed by atoms with Crippen molar-refractivity contribution >= 4 is 5.91 Å². The van der Waals surface area contributed by atoms with Gasteiger partial charge >= 0.3 is 0 Å². The Hall–Kier alpha value is -2.43. The average molecular weight is 339 g/mol. The van der Waals surface area contributed by atoms with Crippen LogP contribution in [0.5, 0.6) is 5.88 Å². The average Bonchev–Trinajstić information content (AvgIpc) is 3.04. The Morgan fingerprint density at radius 3 is 2.44 bits per heavy atom. The Bertz CT molecular complexity index is 733. The lowest BCUT2D eigenvalue weighted by Gasteiger charge is -2.20. The van der Waals surface area contributed by atoms with Crippen molar-refractivity contribution < 1.29 is 9.53 Å². The monoisotopic (exact) mass is 339 g/mol. The number of carbonyl (C=O) groups excluding carboxylic acids is 1. The highest BCUT2D eigenvalue weighted by atomic mass is 16.5. The van der Waals surface area contributed by atoms with Crippen LogP contribution in [0, 0.1) is 6.92 Å². The fraction of sp³-hybridized carbons (Fsp3) is 0.450. The van der Waals surface area contributed by atoms with E-state index in [1.54, 1.807) is 0 Å². The van der Waals surface area contributed by atoms with Crippen LogP contribution in [0.4, 0.5) is 0 Å². The molecule has 1 saturated heterocycles. The zero-order valence-corrected chi connectivity index (χ0v) is 15.3. The summed E-state index contributed by atoms with van der Waals surface area (Å²) in [6, 6.07) is 11.6. The van der Waals surface area contributed by atoms with Crippen molar-refractivity contribution in [2.24, 2.45) is 0 Å². The first-order chi connectivity index (χ1) is 11.8. The minimum atomic E-state index is -0.0326. The van der Waals surface area contributed by atoms with E-state index >= 15 is 0 Å². The Morgan fingerprint density at radius 2 is 1.84 bits per heavy atom. The van der Waals surface area contributed by atoms with Gasteiger partial charge in [-0.1, -0.05) is 32.9 Å². The highest BCUT2D eigenvalue weighted by Gasteiger charge is 2.28. The van der Waals surface area contributed by atoms with Crippen molar-refractivity contribution in [3.63, 3.8) is 0 Å². The van der Waals surface area contributed by atoms with Gasteiger partial charge in [0.15, 0.2) is 0 Å². The van der Waals surface area contributed by atoms with E-state index in [-0.39, 0.29) is 17.4 Å². The maximum Gasteiger partial charge on any atom is 0.253 e. The van der Waals surface area contributed by atoms with Crippen LogP contribution in [-0.2, 0) is 5.41 Å². The summed E-state index contributed by atoms with van der Waals surface area (Å²) in [7, 11) is 0. The predicted molar refractivity (Wildman–Crippen MR) is 96.8 cm³/mol. The number of hydrogen-bond donors (Lipinski definition) is 0. The van der Waals surface area contributed by atoms with Gasteiger partial charge < -0.3 is 9.64 Å². The third-order valence-corrected chi connectivity index (χ3v) is 4.49. The Balaban J connectivity index is 1.61. The van der Waals surface area contributed by atoms with Gasteiger partial charge in [0.1, 0.15) is 6.10 Å². The summed E-state index contributed by atoms with van der Waals surface area (Å²) >= 11 is 0. The second kappa shape index (κ2) is 6.82. The zero-order chi connectivity index (χ0) is 18.0. The first-order valence-electron chi connectivity index (χ1n) is 8.70. The molecule has 2 heterocycles. The molecule has 0 N–H and O–H groups in total. The van der Waals surface area contributed by atoms with Crippen LogP contribution >= 0.6 is 0 Å². The first kappa shape index (κ1) is 17.4. The largest absolute Gasteiger partial charge is 0.471 e. The summed E-state index contributed by atoms with van der Waals surface area (Å²) in [5.74, 6) is 0.570. The smallest absolute Gasteiger partial charge is 0.253 e. The predicted octanol–water partition coefficient (Wildman–Crippen LogP) is 3.38. The molecular formula is C20H25N3O2. The minimum Gasteiger partial charge on any atom is -0.471 e. The number of carbonyl (C=O) groups is 1. The van der Waals surface area contributed by atoms with E-state index in [0.29, 0.717) is 19.0 Å². The molecule has 0 radical (unpaired) electrons. The van der Waals surface area contributed by atoms with E-state index in [2.05, 4.69) is 31.0 Å². The molecule has 1 amide bonds. The summed E-state index contributed by atoms with van der Waals surface area (Å²) < 4.78 is 5.84. The Labute approximate surface area is 149 Å². The zero-order valence-electron chi connectivity index (χ0n) is 15.3. The van der Waals surface area contributed by atoms with Gasteiger partial charge in [-0.15, -0.1) is 5.10 Å². The fourth-order valence-electron chi connectivity index (χ4n) is 2.92. The van der Waals surface area contributed by atoms with Crippen LogP contribution in [0.1, 0.15) is 48.8 Å². The van der Waals surface area contributed by atoms with Crippen molar-refractivity contribution in [2.75, 3.05) is 13.1 Å². The standard InChI is InChI=1S/C20H25N3O2/c1-14-5-10-18(22-21-14)25-17-11-12-23(13-17)19(24)15-6-8-16(9-7-15)20(2,3)4/h5-10,17H,11-13H2,1-4H3. The third kappa shape index (κ3) is 4.16. The first-order valence-corrected chi connectivity index (χ1v) is 8.70. The molecule has 1 aliphatic rings. The molecule has 3 rings (SSSR count). The van der Waals surface area contributed by atoms with E-state index in [0.717, 1.165) is 17.7 Å². The molecule has 1 unspecified atom stereocenters. The van der Waals surface area contributed by atoms with Crippen LogP contribution in [0.25, 0.3) is 0 Å². The maximum atomic E-state index is 12.7. The number of nitrogens with zero attached hydrogens (tertiary/aromatic N) is 3. The molecule has 1 fully saturated rings. The van der Waals surface area contributed by atoms with Crippen LogP contribution < -0.4 is 4.74 Å². The maximum absolute atomic E-state index is 12.7. The molecule has 5 heteroatoms. The lowest BCUT2D eigenvalue weighted by atomic mass is 9.86. The minimum absolute atomic E-state index is 0.0326. The summed E-state index contributed by atoms with van der Waals surface area (Å²) in [4.78, 5) is 14.5. The lowest BCUT2D eigenvalue weighted by Crippen LogP contribution is -2.31. The van der Waals surface area contributed by atoms with Gasteiger partial charge in [0.05, 0.1) is 12.2 Å². The number of amides is 1. The summed E-state index contributed by atoms with van der Waals surface area (Å²) in [6.45, 7) is 9.66. The third-order valence-electron chi connectivity index (χ3n) is 4.49. The number of ether oxygens (including phenoxy) is 1. The molecule has 0 saturated carbocycles. The Morgan fingerprint density at radius 1 is 1.12 bits per heavy atom. The van der Waals surface area contributed by atoms with E-state index < -0.39 is 0 Å². The molecule has 0 bridgehead atoms. The molecule has 1 aromatic carbocycles. The molecule has 25 heavy (non-hydrogen) atoms. The van der Waals surface area contributed by atoms with Crippen LogP contribution in [0.15, 0.2) is 36.4 Å². The van der Waals surface area contributed by atoms with Crippen molar-refractivity contribution in [1.29, 1.82) is 0 Å². The van der Waals surface area contributed by atoms with E-state index in [1.807, 2.05) is 48.2 Å². The molecule has 1 atom stereocenters. The van der Waals surface area contributed by atoms with Gasteiger partial charge in [0.25, 0.3) is 5.91 Å². The van der Waals surface area contributed by atoms with Crippen LogP contribution in [0.2, 0.25) is 0 Å².